The number of nitrogens with one attached hydrogen (secondary N) is 2. The summed E-state index contributed by atoms with van der Waals surface area (Å²) in [6.07, 6.45) is 0.492. The van der Waals surface area contributed by atoms with E-state index in [0.717, 1.165) is 10.6 Å². The van der Waals surface area contributed by atoms with E-state index in [2.05, 4.69) is 10.6 Å². The zero-order valence-corrected chi connectivity index (χ0v) is 13.5. The molecular weight excluding hydrogens is 310 g/mol. The molecule has 3 rings (SSSR count). The number of thiophene rings is 1. The van der Waals surface area contributed by atoms with Gasteiger partial charge in [0.2, 0.25) is 5.91 Å². The van der Waals surface area contributed by atoms with Crippen molar-refractivity contribution < 1.29 is 9.59 Å². The lowest BCUT2D eigenvalue weighted by Crippen LogP contribution is -2.34. The van der Waals surface area contributed by atoms with Crippen molar-refractivity contribution in [3.05, 3.63) is 53.4 Å². The first kappa shape index (κ1) is 15.6. The van der Waals surface area contributed by atoms with Gasteiger partial charge < -0.3 is 10.2 Å². The van der Waals surface area contributed by atoms with Crippen LogP contribution in [0, 0.1) is 5.92 Å². The van der Waals surface area contributed by atoms with Gasteiger partial charge in [0, 0.05) is 32.0 Å². The first-order valence-corrected chi connectivity index (χ1v) is 8.49. The molecule has 1 aromatic carbocycles. The summed E-state index contributed by atoms with van der Waals surface area (Å²) < 4.78 is 0. The van der Waals surface area contributed by atoms with Crippen molar-refractivity contribution in [2.75, 3.05) is 18.4 Å². The first-order chi connectivity index (χ1) is 11.2. The topological polar surface area (TPSA) is 61.4 Å². The number of carbonyl (C=O) groups is 2. The molecule has 0 radical (unpaired) electrons. The smallest absolute Gasteiger partial charge is 0.319 e. The Morgan fingerprint density at radius 2 is 2.04 bits per heavy atom. The van der Waals surface area contributed by atoms with Gasteiger partial charge >= 0.3 is 6.03 Å². The highest BCUT2D eigenvalue weighted by Gasteiger charge is 2.29. The Balaban J connectivity index is 1.45. The number of benzene rings is 1. The highest BCUT2D eigenvalue weighted by Crippen LogP contribution is 2.20. The van der Waals surface area contributed by atoms with Crippen LogP contribution in [0.1, 0.15) is 12.0 Å². The molecule has 1 aromatic heterocycles. The van der Waals surface area contributed by atoms with Crippen molar-refractivity contribution in [1.29, 1.82) is 0 Å². The van der Waals surface area contributed by atoms with Crippen molar-refractivity contribution in [1.82, 2.24) is 10.2 Å². The molecule has 2 aromatic rings. The largest absolute Gasteiger partial charge is 0.338 e. The predicted molar refractivity (Wildman–Crippen MR) is 91.3 cm³/mol. The summed E-state index contributed by atoms with van der Waals surface area (Å²) in [4.78, 5) is 25.8. The van der Waals surface area contributed by atoms with Crippen LogP contribution < -0.4 is 10.6 Å². The molecule has 1 unspecified atom stereocenters. The lowest BCUT2D eigenvalue weighted by molar-refractivity contribution is -0.128. The summed E-state index contributed by atoms with van der Waals surface area (Å²) in [5.74, 6) is 0.319. The number of amides is 3. The van der Waals surface area contributed by atoms with E-state index in [4.69, 9.17) is 0 Å². The zero-order valence-electron chi connectivity index (χ0n) is 12.7. The van der Waals surface area contributed by atoms with E-state index in [0.29, 0.717) is 26.1 Å². The van der Waals surface area contributed by atoms with Gasteiger partial charge in [0.15, 0.2) is 0 Å². The van der Waals surface area contributed by atoms with Crippen molar-refractivity contribution in [3.8, 4) is 0 Å². The number of anilines is 1. The van der Waals surface area contributed by atoms with Crippen LogP contribution in [-0.4, -0.2) is 29.9 Å². The maximum atomic E-state index is 12.1. The fraction of sp³-hybridized carbons (Fsp3) is 0.294. The van der Waals surface area contributed by atoms with Crippen LogP contribution in [0.15, 0.2) is 47.8 Å². The lowest BCUT2D eigenvalue weighted by Gasteiger charge is -2.17. The number of hydrogen-bond donors (Lipinski definition) is 2. The number of rotatable bonds is 5. The molecule has 6 heteroatoms. The van der Waals surface area contributed by atoms with Gasteiger partial charge in [-0.25, -0.2) is 4.79 Å². The number of nitrogens with zero attached hydrogens (tertiary/aromatic N) is 1. The minimum atomic E-state index is -0.221. The van der Waals surface area contributed by atoms with Crippen LogP contribution in [0.2, 0.25) is 0 Å². The maximum Gasteiger partial charge on any atom is 0.319 e. The van der Waals surface area contributed by atoms with E-state index < -0.39 is 0 Å². The molecule has 3 amide bonds. The van der Waals surface area contributed by atoms with E-state index in [1.807, 2.05) is 52.7 Å². The van der Waals surface area contributed by atoms with Crippen molar-refractivity contribution in [3.63, 3.8) is 0 Å². The molecule has 0 aliphatic carbocycles. The summed E-state index contributed by atoms with van der Waals surface area (Å²) in [5, 5.41) is 8.35. The Morgan fingerprint density at radius 3 is 2.78 bits per heavy atom. The van der Waals surface area contributed by atoms with Crippen LogP contribution >= 0.6 is 11.3 Å². The van der Waals surface area contributed by atoms with Crippen LogP contribution in [0.5, 0.6) is 0 Å². The first-order valence-electron chi connectivity index (χ1n) is 7.61. The van der Waals surface area contributed by atoms with E-state index in [-0.39, 0.29) is 17.9 Å². The molecule has 5 nitrogen and oxygen atoms in total. The summed E-state index contributed by atoms with van der Waals surface area (Å²) >= 11 is 1.48. The molecule has 1 aliphatic heterocycles. The third kappa shape index (κ3) is 4.32. The second-order valence-electron chi connectivity index (χ2n) is 5.64. The van der Waals surface area contributed by atoms with Crippen LogP contribution in [0.4, 0.5) is 9.80 Å². The normalized spacial score (nSPS) is 17.3. The Labute approximate surface area is 139 Å². The molecule has 1 aliphatic rings. The second kappa shape index (κ2) is 7.28. The van der Waals surface area contributed by atoms with Crippen molar-refractivity contribution in [2.24, 2.45) is 5.92 Å². The molecule has 2 N–H and O–H groups in total. The number of likely N-dealkylation sites (tertiary alicyclic amines) is 1. The maximum absolute atomic E-state index is 12.1. The molecule has 1 saturated heterocycles. The Morgan fingerprint density at radius 1 is 1.22 bits per heavy atom. The molecule has 1 atom stereocenters. The standard InChI is InChI=1S/C17H19N3O2S/c21-16-9-14(10-18-17(22)19-15-7-4-8-23-15)12-20(16)11-13-5-2-1-3-6-13/h1-8,14H,9-12H2,(H2,18,19,22). The van der Waals surface area contributed by atoms with Crippen LogP contribution in [0.25, 0.3) is 0 Å². The highest BCUT2D eigenvalue weighted by molar-refractivity contribution is 7.14. The van der Waals surface area contributed by atoms with E-state index in [1.54, 1.807) is 0 Å². The average molecular weight is 329 g/mol. The SMILES string of the molecule is O=C(NCC1CC(=O)N(Cc2ccccc2)C1)Nc1cccs1. The van der Waals surface area contributed by atoms with Crippen LogP contribution in [-0.2, 0) is 11.3 Å². The molecule has 120 valence electrons. The average Bonchev–Trinajstić information content (AvgIpc) is 3.17. The fourth-order valence-electron chi connectivity index (χ4n) is 2.69. The summed E-state index contributed by atoms with van der Waals surface area (Å²) in [6, 6.07) is 13.5. The molecule has 0 saturated carbocycles. The number of urea groups is 1. The second-order valence-corrected chi connectivity index (χ2v) is 6.59. The van der Waals surface area contributed by atoms with Crippen molar-refractivity contribution >= 4 is 28.3 Å². The van der Waals surface area contributed by atoms with Gasteiger partial charge in [0.1, 0.15) is 0 Å². The van der Waals surface area contributed by atoms with Gasteiger partial charge in [-0.15, -0.1) is 11.3 Å². The summed E-state index contributed by atoms with van der Waals surface area (Å²) in [5.41, 5.74) is 1.13. The molecule has 0 bridgehead atoms. The quantitative estimate of drug-likeness (QED) is 0.886. The summed E-state index contributed by atoms with van der Waals surface area (Å²) in [6.45, 7) is 1.83. The fourth-order valence-corrected chi connectivity index (χ4v) is 3.30. The molecular formula is C17H19N3O2S. The van der Waals surface area contributed by atoms with Gasteiger partial charge in [0.25, 0.3) is 0 Å². The highest BCUT2D eigenvalue weighted by atomic mass is 32.1. The van der Waals surface area contributed by atoms with E-state index >= 15 is 0 Å². The van der Waals surface area contributed by atoms with Crippen LogP contribution in [0.3, 0.4) is 0 Å². The third-order valence-electron chi connectivity index (χ3n) is 3.82. The molecule has 23 heavy (non-hydrogen) atoms. The number of hydrogen-bond acceptors (Lipinski definition) is 3. The minimum Gasteiger partial charge on any atom is -0.338 e. The van der Waals surface area contributed by atoms with Gasteiger partial charge in [-0.3, -0.25) is 10.1 Å². The Hall–Kier alpha value is -2.34. The zero-order chi connectivity index (χ0) is 16.1. The minimum absolute atomic E-state index is 0.152. The summed E-state index contributed by atoms with van der Waals surface area (Å²) in [7, 11) is 0. The van der Waals surface area contributed by atoms with Crippen molar-refractivity contribution in [2.45, 2.75) is 13.0 Å². The monoisotopic (exact) mass is 329 g/mol. The molecule has 0 spiro atoms. The molecule has 2 heterocycles. The van der Waals surface area contributed by atoms with Gasteiger partial charge in [0.05, 0.1) is 5.00 Å². The van der Waals surface area contributed by atoms with E-state index in [9.17, 15) is 9.59 Å². The Bertz CT molecular complexity index is 658. The number of carbonyl (C=O) groups excluding carboxylic acids is 2. The van der Waals surface area contributed by atoms with Gasteiger partial charge in [-0.1, -0.05) is 30.3 Å². The Kier molecular flexibility index (Phi) is 4.92. The van der Waals surface area contributed by atoms with Gasteiger partial charge in [-0.2, -0.15) is 0 Å². The predicted octanol–water partition coefficient (Wildman–Crippen LogP) is 2.92. The van der Waals surface area contributed by atoms with E-state index in [1.165, 1.54) is 11.3 Å². The van der Waals surface area contributed by atoms with Gasteiger partial charge in [-0.05, 0) is 23.1 Å². The lowest BCUT2D eigenvalue weighted by atomic mass is 10.1. The molecule has 1 fully saturated rings. The third-order valence-corrected chi connectivity index (χ3v) is 4.61.